The number of nitrogens with two attached hydrogens (primary N) is 1. The number of methoxy groups -OCH3 is 1. The fourth-order valence-electron chi connectivity index (χ4n) is 1.66. The number of rotatable bonds is 5. The average Bonchev–Trinajstić information content (AvgIpc) is 2.45. The van der Waals surface area contributed by atoms with E-state index in [1.807, 2.05) is 0 Å². The Morgan fingerprint density at radius 2 is 2.17 bits per heavy atom. The summed E-state index contributed by atoms with van der Waals surface area (Å²) in [5, 5.41) is 0. The van der Waals surface area contributed by atoms with E-state index >= 15 is 0 Å². The van der Waals surface area contributed by atoms with Crippen molar-refractivity contribution in [2.24, 2.45) is 5.84 Å². The van der Waals surface area contributed by atoms with Gasteiger partial charge in [-0.05, 0) is 19.3 Å². The third-order valence-corrected chi connectivity index (χ3v) is 2.58. The van der Waals surface area contributed by atoms with Gasteiger partial charge in [0.15, 0.2) is 0 Å². The number of ether oxygens (including phenoxy) is 3. The fraction of sp³-hybridized carbons (Fsp3) is 0.700. The van der Waals surface area contributed by atoms with E-state index in [2.05, 4.69) is 20.4 Å². The van der Waals surface area contributed by atoms with Crippen LogP contribution in [0.5, 0.6) is 12.0 Å². The molecule has 8 nitrogen and oxygen atoms in total. The third kappa shape index (κ3) is 3.41. The summed E-state index contributed by atoms with van der Waals surface area (Å²) < 4.78 is 15.9. The maximum atomic E-state index is 5.55. The molecular weight excluding hydrogens is 238 g/mol. The molecule has 0 aliphatic carbocycles. The Kier molecular flexibility index (Phi) is 4.48. The third-order valence-electron chi connectivity index (χ3n) is 2.58. The van der Waals surface area contributed by atoms with Crippen LogP contribution < -0.4 is 20.7 Å². The molecule has 0 bridgehead atoms. The van der Waals surface area contributed by atoms with E-state index in [0.717, 1.165) is 25.9 Å². The molecule has 1 fully saturated rings. The maximum Gasteiger partial charge on any atom is 0.324 e. The highest BCUT2D eigenvalue weighted by atomic mass is 16.5. The van der Waals surface area contributed by atoms with Crippen molar-refractivity contribution in [3.8, 4) is 12.0 Å². The molecule has 1 aliphatic heterocycles. The van der Waals surface area contributed by atoms with Gasteiger partial charge in [0.2, 0.25) is 5.95 Å². The summed E-state index contributed by atoms with van der Waals surface area (Å²) in [5.41, 5.74) is 2.33. The van der Waals surface area contributed by atoms with Crippen molar-refractivity contribution in [2.45, 2.75) is 25.4 Å². The van der Waals surface area contributed by atoms with Gasteiger partial charge in [-0.1, -0.05) is 0 Å². The SMILES string of the molecule is COc1nc(NN)nc(OCC2CCCCO2)n1. The van der Waals surface area contributed by atoms with Crippen LogP contribution in [0, 0.1) is 0 Å². The van der Waals surface area contributed by atoms with E-state index in [1.54, 1.807) is 0 Å². The van der Waals surface area contributed by atoms with Gasteiger partial charge in [0.25, 0.3) is 0 Å². The zero-order chi connectivity index (χ0) is 12.8. The first-order valence-corrected chi connectivity index (χ1v) is 5.83. The van der Waals surface area contributed by atoms with Gasteiger partial charge in [-0.2, -0.15) is 9.97 Å². The summed E-state index contributed by atoms with van der Waals surface area (Å²) >= 11 is 0. The molecule has 1 aromatic rings. The minimum atomic E-state index is 0.0933. The summed E-state index contributed by atoms with van der Waals surface area (Å²) in [5.74, 6) is 5.44. The van der Waals surface area contributed by atoms with Crippen LogP contribution in [0.15, 0.2) is 0 Å². The van der Waals surface area contributed by atoms with Crippen molar-refractivity contribution in [3.05, 3.63) is 0 Å². The smallest absolute Gasteiger partial charge is 0.324 e. The zero-order valence-electron chi connectivity index (χ0n) is 10.3. The first kappa shape index (κ1) is 12.8. The van der Waals surface area contributed by atoms with Crippen molar-refractivity contribution >= 4 is 5.95 Å². The molecule has 0 aromatic carbocycles. The minimum Gasteiger partial charge on any atom is -0.467 e. The predicted molar refractivity (Wildman–Crippen MR) is 63.3 cm³/mol. The summed E-state index contributed by atoms with van der Waals surface area (Å²) in [6.07, 6.45) is 3.35. The van der Waals surface area contributed by atoms with E-state index in [-0.39, 0.29) is 24.1 Å². The normalized spacial score (nSPS) is 19.3. The Morgan fingerprint density at radius 3 is 2.83 bits per heavy atom. The van der Waals surface area contributed by atoms with Crippen LogP contribution in [-0.4, -0.2) is 41.4 Å². The molecule has 100 valence electrons. The van der Waals surface area contributed by atoms with Gasteiger partial charge in [0.1, 0.15) is 6.61 Å². The monoisotopic (exact) mass is 255 g/mol. The Balaban J connectivity index is 1.94. The van der Waals surface area contributed by atoms with Crippen molar-refractivity contribution in [1.29, 1.82) is 0 Å². The molecule has 1 atom stereocenters. The molecule has 0 radical (unpaired) electrons. The van der Waals surface area contributed by atoms with Gasteiger partial charge in [-0.25, -0.2) is 5.84 Å². The molecule has 8 heteroatoms. The molecule has 18 heavy (non-hydrogen) atoms. The van der Waals surface area contributed by atoms with Gasteiger partial charge >= 0.3 is 12.0 Å². The first-order valence-electron chi connectivity index (χ1n) is 5.83. The minimum absolute atomic E-state index is 0.0933. The number of anilines is 1. The molecule has 1 saturated heterocycles. The van der Waals surface area contributed by atoms with Gasteiger partial charge in [-0.15, -0.1) is 4.98 Å². The lowest BCUT2D eigenvalue weighted by Crippen LogP contribution is -2.26. The van der Waals surface area contributed by atoms with E-state index in [1.165, 1.54) is 7.11 Å². The Morgan fingerprint density at radius 1 is 1.33 bits per heavy atom. The van der Waals surface area contributed by atoms with Gasteiger partial charge < -0.3 is 14.2 Å². The summed E-state index contributed by atoms with van der Waals surface area (Å²) in [6.45, 7) is 1.20. The van der Waals surface area contributed by atoms with E-state index in [4.69, 9.17) is 20.1 Å². The van der Waals surface area contributed by atoms with Crippen molar-refractivity contribution in [1.82, 2.24) is 15.0 Å². The van der Waals surface area contributed by atoms with Crippen LogP contribution in [0.25, 0.3) is 0 Å². The van der Waals surface area contributed by atoms with Crippen LogP contribution in [-0.2, 0) is 4.74 Å². The second-order valence-electron chi connectivity index (χ2n) is 3.87. The van der Waals surface area contributed by atoms with Crippen LogP contribution in [0.4, 0.5) is 5.95 Å². The molecule has 0 amide bonds. The average molecular weight is 255 g/mol. The van der Waals surface area contributed by atoms with E-state index in [9.17, 15) is 0 Å². The number of hydrogen-bond donors (Lipinski definition) is 2. The van der Waals surface area contributed by atoms with Gasteiger partial charge in [-0.3, -0.25) is 5.43 Å². The highest BCUT2D eigenvalue weighted by molar-refractivity contribution is 5.25. The topological polar surface area (TPSA) is 104 Å². The fourth-order valence-corrected chi connectivity index (χ4v) is 1.66. The van der Waals surface area contributed by atoms with Gasteiger partial charge in [0, 0.05) is 6.61 Å². The molecule has 0 spiro atoms. The first-order chi connectivity index (χ1) is 8.81. The number of hydrogen-bond acceptors (Lipinski definition) is 8. The van der Waals surface area contributed by atoms with Crippen LogP contribution in [0.1, 0.15) is 19.3 Å². The Bertz CT molecular complexity index is 362. The lowest BCUT2D eigenvalue weighted by molar-refractivity contribution is -0.0130. The number of nitrogens with one attached hydrogen (secondary N) is 1. The van der Waals surface area contributed by atoms with Crippen LogP contribution in [0.2, 0.25) is 0 Å². The van der Waals surface area contributed by atoms with Crippen molar-refractivity contribution < 1.29 is 14.2 Å². The Labute approximate surface area is 105 Å². The van der Waals surface area contributed by atoms with E-state index < -0.39 is 0 Å². The maximum absolute atomic E-state index is 5.55. The van der Waals surface area contributed by atoms with Crippen molar-refractivity contribution in [2.75, 3.05) is 25.7 Å². The second kappa shape index (κ2) is 6.31. The zero-order valence-corrected chi connectivity index (χ0v) is 10.3. The summed E-state index contributed by atoms with van der Waals surface area (Å²) in [4.78, 5) is 11.8. The standard InChI is InChI=1S/C10H17N5O3/c1-16-9-12-8(15-11)13-10(14-9)18-6-7-4-2-3-5-17-7/h7H,2-6,11H2,1H3,(H,12,13,14,15). The molecule has 0 saturated carbocycles. The number of nitrogen functional groups attached to an aromatic ring is 1. The quantitative estimate of drug-likeness (QED) is 0.564. The van der Waals surface area contributed by atoms with Gasteiger partial charge in [0.05, 0.1) is 13.2 Å². The second-order valence-corrected chi connectivity index (χ2v) is 3.87. The highest BCUT2D eigenvalue weighted by Crippen LogP contribution is 2.15. The number of hydrazine groups is 1. The van der Waals surface area contributed by atoms with E-state index in [0.29, 0.717) is 6.61 Å². The highest BCUT2D eigenvalue weighted by Gasteiger charge is 2.16. The molecule has 3 N–H and O–H groups in total. The molecule has 1 unspecified atom stereocenters. The lowest BCUT2D eigenvalue weighted by atomic mass is 10.1. The van der Waals surface area contributed by atoms with Crippen LogP contribution >= 0.6 is 0 Å². The molecular formula is C10H17N5O3. The number of aromatic nitrogens is 3. The summed E-state index contributed by atoms with van der Waals surface area (Å²) in [6, 6.07) is 0.321. The lowest BCUT2D eigenvalue weighted by Gasteiger charge is -2.22. The van der Waals surface area contributed by atoms with Crippen molar-refractivity contribution in [3.63, 3.8) is 0 Å². The van der Waals surface area contributed by atoms with Crippen LogP contribution in [0.3, 0.4) is 0 Å². The molecule has 2 heterocycles. The summed E-state index contributed by atoms with van der Waals surface area (Å²) in [7, 11) is 1.46. The molecule has 1 aliphatic rings. The largest absolute Gasteiger partial charge is 0.467 e. The number of nitrogens with zero attached hydrogens (tertiary/aromatic N) is 3. The predicted octanol–water partition coefficient (Wildman–Crippen LogP) is 0.114. The Hall–Kier alpha value is -1.67. The molecule has 2 rings (SSSR count). The molecule has 1 aromatic heterocycles.